The number of ketones is 1. The van der Waals surface area contributed by atoms with Crippen LogP contribution in [0.5, 0.6) is 0 Å². The number of amides is 3. The van der Waals surface area contributed by atoms with Gasteiger partial charge in [0, 0.05) is 13.1 Å². The molecule has 0 radical (unpaired) electrons. The van der Waals surface area contributed by atoms with E-state index in [1.165, 1.54) is 0 Å². The third-order valence-corrected chi connectivity index (χ3v) is 6.87. The van der Waals surface area contributed by atoms with Crippen molar-refractivity contribution in [1.82, 2.24) is 20.9 Å². The predicted molar refractivity (Wildman–Crippen MR) is 144 cm³/mol. The van der Waals surface area contributed by atoms with Crippen LogP contribution in [-0.2, 0) is 39.8 Å². The summed E-state index contributed by atoms with van der Waals surface area (Å²) in [6.45, 7) is 3.53. The van der Waals surface area contributed by atoms with Crippen LogP contribution < -0.4 is 16.0 Å². The molecule has 41 heavy (non-hydrogen) atoms. The summed E-state index contributed by atoms with van der Waals surface area (Å²) in [6, 6.07) is 5.66. The Morgan fingerprint density at radius 2 is 1.59 bits per heavy atom. The highest BCUT2D eigenvalue weighted by Crippen LogP contribution is 2.29. The highest BCUT2D eigenvalue weighted by Gasteiger charge is 2.50. The molecule has 0 aliphatic carbocycles. The smallest absolute Gasteiger partial charge is 0.345 e. The molecule has 0 unspecified atom stereocenters. The van der Waals surface area contributed by atoms with Gasteiger partial charge in [0.1, 0.15) is 17.7 Å². The van der Waals surface area contributed by atoms with Crippen molar-refractivity contribution < 1.29 is 42.2 Å². The maximum atomic E-state index is 13.5. The molecule has 4 atom stereocenters. The molecule has 2 heterocycles. The number of rotatable bonds is 16. The van der Waals surface area contributed by atoms with E-state index in [9.17, 15) is 28.0 Å². The van der Waals surface area contributed by atoms with E-state index in [0.29, 0.717) is 26.3 Å². The molecule has 2 fully saturated rings. The number of epoxide rings is 1. The third-order valence-electron chi connectivity index (χ3n) is 6.87. The van der Waals surface area contributed by atoms with Crippen LogP contribution in [0.4, 0.5) is 8.78 Å². The summed E-state index contributed by atoms with van der Waals surface area (Å²) < 4.78 is 40.6. The lowest BCUT2D eigenvalue weighted by Gasteiger charge is -2.28. The first-order valence-electron chi connectivity index (χ1n) is 13.8. The van der Waals surface area contributed by atoms with E-state index in [2.05, 4.69) is 20.7 Å². The zero-order valence-electron chi connectivity index (χ0n) is 23.7. The largest absolute Gasteiger partial charge is 0.379 e. The van der Waals surface area contributed by atoms with Crippen molar-refractivity contribution in [2.75, 3.05) is 46.1 Å². The van der Waals surface area contributed by atoms with E-state index in [0.717, 1.165) is 5.56 Å². The van der Waals surface area contributed by atoms with Crippen LogP contribution in [0.3, 0.4) is 0 Å². The summed E-state index contributed by atoms with van der Waals surface area (Å²) in [6.07, 6.45) is 0.414. The summed E-state index contributed by atoms with van der Waals surface area (Å²) in [7, 11) is 0. The molecule has 0 saturated carbocycles. The van der Waals surface area contributed by atoms with Crippen molar-refractivity contribution in [2.45, 2.75) is 64.0 Å². The lowest BCUT2D eigenvalue weighted by molar-refractivity contribution is -0.148. The molecule has 2 aliphatic rings. The summed E-state index contributed by atoms with van der Waals surface area (Å²) in [5.41, 5.74) is -0.168. The van der Waals surface area contributed by atoms with Gasteiger partial charge in [-0.2, -0.15) is 8.78 Å². The number of carbonyl (C=O) groups excluding carboxylic acids is 4. The molecular weight excluding hydrogens is 542 g/mol. The number of Topliss-reactive ketones (excluding diaryl/α,β-unsaturated/α-hetero) is 1. The number of ether oxygens (including phenoxy) is 3. The summed E-state index contributed by atoms with van der Waals surface area (Å²) in [5.74, 6) is -2.36. The van der Waals surface area contributed by atoms with E-state index < -0.39 is 54.7 Å². The minimum Gasteiger partial charge on any atom is -0.379 e. The molecule has 1 aromatic rings. The highest BCUT2D eigenvalue weighted by molar-refractivity contribution is 5.98. The van der Waals surface area contributed by atoms with E-state index in [4.69, 9.17) is 9.47 Å². The fraction of sp³-hybridized carbons (Fsp3) is 0.643. The van der Waals surface area contributed by atoms with Gasteiger partial charge in [0.2, 0.25) is 17.7 Å². The molecule has 3 N–H and O–H groups in total. The van der Waals surface area contributed by atoms with Gasteiger partial charge in [-0.05, 0) is 31.2 Å². The van der Waals surface area contributed by atoms with E-state index >= 15 is 0 Å². The van der Waals surface area contributed by atoms with Crippen LogP contribution in [-0.4, -0.2) is 105 Å². The van der Waals surface area contributed by atoms with Crippen molar-refractivity contribution >= 4 is 23.5 Å². The second-order valence-corrected chi connectivity index (χ2v) is 10.9. The first-order valence-corrected chi connectivity index (χ1v) is 13.8. The minimum atomic E-state index is -3.16. The normalized spacial score (nSPS) is 21.1. The van der Waals surface area contributed by atoms with Gasteiger partial charge in [0.05, 0.1) is 39.0 Å². The highest BCUT2D eigenvalue weighted by atomic mass is 19.3. The van der Waals surface area contributed by atoms with Crippen molar-refractivity contribution in [1.29, 1.82) is 0 Å². The Hall–Kier alpha value is -3.00. The SMILES string of the molecule is CC(C)C[C@H](NC(=O)[C@H](COC(F)F)NC(=O)CN1CCOCC1)C(=O)N[C@@H](Cc1ccccc1)C(=O)[C@@]1(C)CO1. The van der Waals surface area contributed by atoms with Gasteiger partial charge >= 0.3 is 6.61 Å². The molecule has 11 nitrogen and oxygen atoms in total. The van der Waals surface area contributed by atoms with Gasteiger partial charge in [0.25, 0.3) is 0 Å². The molecule has 0 spiro atoms. The summed E-state index contributed by atoms with van der Waals surface area (Å²) in [5, 5.41) is 7.79. The van der Waals surface area contributed by atoms with Crippen LogP contribution in [0.25, 0.3) is 0 Å². The standard InChI is InChI=1S/C28H40F2N4O7/c1-18(2)13-21(25(37)32-20(24(36)28(3)17-41-28)14-19-7-5-4-6-8-19)33-26(38)22(16-40-27(29)30)31-23(35)15-34-9-11-39-12-10-34/h4-8,18,20-22,27H,9-17H2,1-3H3,(H,31,35)(H,32,37)(H,33,38)/t20-,21-,22-,28+/m0/s1. The topological polar surface area (TPSA) is 139 Å². The molecule has 13 heteroatoms. The second-order valence-electron chi connectivity index (χ2n) is 10.9. The van der Waals surface area contributed by atoms with Crippen molar-refractivity contribution in [2.24, 2.45) is 5.92 Å². The summed E-state index contributed by atoms with van der Waals surface area (Å²) in [4.78, 5) is 54.3. The van der Waals surface area contributed by atoms with Gasteiger partial charge in [-0.1, -0.05) is 44.2 Å². The monoisotopic (exact) mass is 582 g/mol. The number of nitrogens with one attached hydrogen (secondary N) is 3. The average Bonchev–Trinajstić information content (AvgIpc) is 3.68. The van der Waals surface area contributed by atoms with E-state index in [1.807, 2.05) is 49.1 Å². The molecule has 1 aromatic carbocycles. The van der Waals surface area contributed by atoms with Crippen LogP contribution in [0.2, 0.25) is 0 Å². The van der Waals surface area contributed by atoms with Crippen LogP contribution >= 0.6 is 0 Å². The van der Waals surface area contributed by atoms with Crippen LogP contribution in [0, 0.1) is 5.92 Å². The lowest BCUT2D eigenvalue weighted by atomic mass is 9.94. The molecule has 2 saturated heterocycles. The van der Waals surface area contributed by atoms with Gasteiger partial charge in [-0.3, -0.25) is 24.1 Å². The van der Waals surface area contributed by atoms with E-state index in [-0.39, 0.29) is 37.7 Å². The van der Waals surface area contributed by atoms with Gasteiger partial charge in [-0.15, -0.1) is 0 Å². The molecule has 0 bridgehead atoms. The molecular formula is C28H40F2N4O7. The first kappa shape index (κ1) is 32.5. The van der Waals surface area contributed by atoms with Gasteiger partial charge in [-0.25, -0.2) is 0 Å². The minimum absolute atomic E-state index is 0.0507. The molecule has 2 aliphatic heterocycles. The Bertz CT molecular complexity index is 1030. The van der Waals surface area contributed by atoms with Gasteiger partial charge < -0.3 is 30.2 Å². The molecule has 0 aromatic heterocycles. The quantitative estimate of drug-likeness (QED) is 0.242. The zero-order valence-corrected chi connectivity index (χ0v) is 23.7. The Morgan fingerprint density at radius 3 is 2.17 bits per heavy atom. The Kier molecular flexibility index (Phi) is 12.1. The summed E-state index contributed by atoms with van der Waals surface area (Å²) >= 11 is 0. The van der Waals surface area contributed by atoms with Crippen LogP contribution in [0.1, 0.15) is 32.8 Å². The van der Waals surface area contributed by atoms with Crippen molar-refractivity contribution in [3.63, 3.8) is 0 Å². The molecule has 228 valence electrons. The number of benzene rings is 1. The van der Waals surface area contributed by atoms with Crippen molar-refractivity contribution in [3.05, 3.63) is 35.9 Å². The fourth-order valence-corrected chi connectivity index (χ4v) is 4.48. The number of hydrogen-bond acceptors (Lipinski definition) is 8. The van der Waals surface area contributed by atoms with Gasteiger partial charge in [0.15, 0.2) is 5.78 Å². The maximum absolute atomic E-state index is 13.5. The maximum Gasteiger partial charge on any atom is 0.345 e. The average molecular weight is 583 g/mol. The number of carbonyl (C=O) groups is 4. The third kappa shape index (κ3) is 10.7. The Morgan fingerprint density at radius 1 is 0.976 bits per heavy atom. The Balaban J connectivity index is 1.71. The number of morpholine rings is 1. The van der Waals surface area contributed by atoms with E-state index in [1.54, 1.807) is 6.92 Å². The Labute approximate surface area is 238 Å². The van der Waals surface area contributed by atoms with Crippen LogP contribution in [0.15, 0.2) is 30.3 Å². The number of halogens is 2. The van der Waals surface area contributed by atoms with Crippen molar-refractivity contribution in [3.8, 4) is 0 Å². The second kappa shape index (κ2) is 15.3. The number of nitrogens with zero attached hydrogens (tertiary/aromatic N) is 1. The number of alkyl halides is 2. The fourth-order valence-electron chi connectivity index (χ4n) is 4.48. The lowest BCUT2D eigenvalue weighted by Crippen LogP contribution is -2.58. The first-order chi connectivity index (χ1) is 19.5. The molecule has 3 rings (SSSR count). The zero-order chi connectivity index (χ0) is 30.0. The molecule has 3 amide bonds. The predicted octanol–water partition coefficient (Wildman–Crippen LogP) is 0.659. The number of hydrogen-bond donors (Lipinski definition) is 3.